The van der Waals surface area contributed by atoms with Crippen molar-refractivity contribution in [2.45, 2.75) is 12.8 Å². The third kappa shape index (κ3) is 4.53. The van der Waals surface area contributed by atoms with E-state index in [1.165, 1.54) is 12.1 Å². The van der Waals surface area contributed by atoms with Crippen LogP contribution in [-0.2, 0) is 0 Å². The summed E-state index contributed by atoms with van der Waals surface area (Å²) < 4.78 is 5.63. The largest absolute Gasteiger partial charge is 0.492 e. The number of hydrogen-bond acceptors (Lipinski definition) is 4. The number of nitrogens with one attached hydrogen (secondary N) is 1. The van der Waals surface area contributed by atoms with Crippen molar-refractivity contribution in [1.29, 1.82) is 0 Å². The van der Waals surface area contributed by atoms with Crippen molar-refractivity contribution in [1.82, 2.24) is 5.32 Å². The normalized spacial score (nSPS) is 15.6. The SMILES string of the molecule is Cl.O=[N+]([O-])c1ccc(OCC2CCNCC2)c(Cl)c1. The van der Waals surface area contributed by atoms with E-state index in [9.17, 15) is 10.1 Å². The Bertz CT molecular complexity index is 437. The smallest absolute Gasteiger partial charge is 0.271 e. The Labute approximate surface area is 122 Å². The van der Waals surface area contributed by atoms with Gasteiger partial charge in [-0.15, -0.1) is 12.4 Å². The third-order valence-corrected chi connectivity index (χ3v) is 3.35. The fourth-order valence-electron chi connectivity index (χ4n) is 1.98. The Balaban J connectivity index is 0.00000180. The van der Waals surface area contributed by atoms with Gasteiger partial charge in [-0.3, -0.25) is 10.1 Å². The topological polar surface area (TPSA) is 64.4 Å². The van der Waals surface area contributed by atoms with Crippen molar-refractivity contribution in [3.05, 3.63) is 33.3 Å². The number of nitro groups is 1. The molecule has 1 aliphatic rings. The van der Waals surface area contributed by atoms with Crippen LogP contribution in [0.1, 0.15) is 12.8 Å². The number of benzene rings is 1. The number of hydrogen-bond donors (Lipinski definition) is 1. The highest BCUT2D eigenvalue weighted by molar-refractivity contribution is 6.32. The molecule has 0 unspecified atom stereocenters. The number of non-ortho nitro benzene ring substituents is 1. The monoisotopic (exact) mass is 306 g/mol. The van der Waals surface area contributed by atoms with Crippen LogP contribution in [0.3, 0.4) is 0 Å². The van der Waals surface area contributed by atoms with Crippen LogP contribution in [-0.4, -0.2) is 24.6 Å². The number of nitrogens with zero attached hydrogens (tertiary/aromatic N) is 1. The van der Waals surface area contributed by atoms with E-state index >= 15 is 0 Å². The second-order valence-electron chi connectivity index (χ2n) is 4.38. The van der Waals surface area contributed by atoms with E-state index in [4.69, 9.17) is 16.3 Å². The Kier molecular flexibility index (Phi) is 6.34. The number of ether oxygens (including phenoxy) is 1. The maximum Gasteiger partial charge on any atom is 0.271 e. The first kappa shape index (κ1) is 16.0. The molecule has 1 aromatic carbocycles. The summed E-state index contributed by atoms with van der Waals surface area (Å²) >= 11 is 5.95. The summed E-state index contributed by atoms with van der Waals surface area (Å²) in [5.74, 6) is 1.04. The number of nitro benzene ring substituents is 1. The molecule has 7 heteroatoms. The van der Waals surface area contributed by atoms with Crippen LogP contribution in [0.4, 0.5) is 5.69 Å². The van der Waals surface area contributed by atoms with Gasteiger partial charge >= 0.3 is 0 Å². The maximum absolute atomic E-state index is 10.6. The second-order valence-corrected chi connectivity index (χ2v) is 4.78. The van der Waals surface area contributed by atoms with Crippen molar-refractivity contribution >= 4 is 29.7 Å². The van der Waals surface area contributed by atoms with Gasteiger partial charge in [0.05, 0.1) is 16.6 Å². The zero-order valence-electron chi connectivity index (χ0n) is 10.3. The van der Waals surface area contributed by atoms with E-state index in [2.05, 4.69) is 5.32 Å². The summed E-state index contributed by atoms with van der Waals surface area (Å²) in [7, 11) is 0. The van der Waals surface area contributed by atoms with Gasteiger partial charge in [0.15, 0.2) is 0 Å². The van der Waals surface area contributed by atoms with Crippen LogP contribution >= 0.6 is 24.0 Å². The Morgan fingerprint density at radius 2 is 2.11 bits per heavy atom. The van der Waals surface area contributed by atoms with Crippen LogP contribution in [0, 0.1) is 16.0 Å². The summed E-state index contributed by atoms with van der Waals surface area (Å²) in [5, 5.41) is 14.1. The fourth-order valence-corrected chi connectivity index (χ4v) is 2.21. The van der Waals surface area contributed by atoms with Crippen LogP contribution in [0.25, 0.3) is 0 Å². The molecule has 0 amide bonds. The van der Waals surface area contributed by atoms with E-state index in [-0.39, 0.29) is 23.1 Å². The van der Waals surface area contributed by atoms with E-state index in [0.717, 1.165) is 25.9 Å². The minimum atomic E-state index is -0.470. The molecule has 1 saturated heterocycles. The van der Waals surface area contributed by atoms with Crippen LogP contribution in [0.5, 0.6) is 5.75 Å². The lowest BCUT2D eigenvalue weighted by atomic mass is 9.99. The minimum absolute atomic E-state index is 0. The van der Waals surface area contributed by atoms with Gasteiger partial charge in [-0.1, -0.05) is 11.6 Å². The molecule has 1 aromatic rings. The quantitative estimate of drug-likeness (QED) is 0.686. The lowest BCUT2D eigenvalue weighted by Crippen LogP contribution is -2.30. The van der Waals surface area contributed by atoms with E-state index < -0.39 is 4.92 Å². The third-order valence-electron chi connectivity index (χ3n) is 3.06. The van der Waals surface area contributed by atoms with Crippen molar-refractivity contribution in [2.75, 3.05) is 19.7 Å². The summed E-state index contributed by atoms with van der Waals surface area (Å²) in [6, 6.07) is 4.28. The second kappa shape index (κ2) is 7.53. The molecule has 1 N–H and O–H groups in total. The molecule has 0 radical (unpaired) electrons. The summed E-state index contributed by atoms with van der Waals surface area (Å²) in [6.45, 7) is 2.64. The van der Waals surface area contributed by atoms with Crippen LogP contribution < -0.4 is 10.1 Å². The summed E-state index contributed by atoms with van der Waals surface area (Å²) in [6.07, 6.45) is 2.18. The van der Waals surface area contributed by atoms with Crippen molar-refractivity contribution < 1.29 is 9.66 Å². The standard InChI is InChI=1S/C12H15ClN2O3.ClH/c13-11-7-10(15(16)17)1-2-12(11)18-8-9-3-5-14-6-4-9;/h1-2,7,9,14H,3-6,8H2;1H. The molecule has 1 fully saturated rings. The Morgan fingerprint density at radius 1 is 1.42 bits per heavy atom. The molecule has 0 spiro atoms. The number of halogens is 2. The highest BCUT2D eigenvalue weighted by Crippen LogP contribution is 2.29. The molecule has 1 aliphatic heterocycles. The molecule has 19 heavy (non-hydrogen) atoms. The molecule has 0 bridgehead atoms. The van der Waals surface area contributed by atoms with Gasteiger partial charge in [0, 0.05) is 12.1 Å². The molecule has 1 heterocycles. The predicted octanol–water partition coefficient (Wildman–Crippen LogP) is 3.05. The average Bonchev–Trinajstić information content (AvgIpc) is 2.38. The van der Waals surface area contributed by atoms with E-state index in [1.807, 2.05) is 0 Å². The molecule has 0 aromatic heterocycles. The van der Waals surface area contributed by atoms with Gasteiger partial charge in [0.1, 0.15) is 5.75 Å². The lowest BCUT2D eigenvalue weighted by Gasteiger charge is -2.22. The van der Waals surface area contributed by atoms with Crippen LogP contribution in [0.15, 0.2) is 18.2 Å². The molecular weight excluding hydrogens is 291 g/mol. The van der Waals surface area contributed by atoms with Crippen LogP contribution in [0.2, 0.25) is 5.02 Å². The first-order valence-electron chi connectivity index (χ1n) is 5.94. The van der Waals surface area contributed by atoms with Crippen molar-refractivity contribution in [3.8, 4) is 5.75 Å². The van der Waals surface area contributed by atoms with Crippen molar-refractivity contribution in [3.63, 3.8) is 0 Å². The average molecular weight is 307 g/mol. The number of piperidine rings is 1. The van der Waals surface area contributed by atoms with E-state index in [0.29, 0.717) is 18.3 Å². The zero-order chi connectivity index (χ0) is 13.0. The first-order valence-corrected chi connectivity index (χ1v) is 6.32. The Hall–Kier alpha value is -1.04. The lowest BCUT2D eigenvalue weighted by molar-refractivity contribution is -0.384. The molecule has 0 atom stereocenters. The van der Waals surface area contributed by atoms with Gasteiger partial charge in [-0.2, -0.15) is 0 Å². The van der Waals surface area contributed by atoms with E-state index in [1.54, 1.807) is 6.07 Å². The van der Waals surface area contributed by atoms with Gasteiger partial charge in [0.2, 0.25) is 0 Å². The Morgan fingerprint density at radius 3 is 2.68 bits per heavy atom. The highest BCUT2D eigenvalue weighted by Gasteiger charge is 2.15. The highest BCUT2D eigenvalue weighted by atomic mass is 35.5. The zero-order valence-corrected chi connectivity index (χ0v) is 11.9. The molecule has 5 nitrogen and oxygen atoms in total. The molecule has 0 aliphatic carbocycles. The predicted molar refractivity (Wildman–Crippen MR) is 76.4 cm³/mol. The molecule has 0 saturated carbocycles. The summed E-state index contributed by atoms with van der Waals surface area (Å²) in [5.41, 5.74) is -0.0192. The molecule has 2 rings (SSSR count). The number of rotatable bonds is 4. The minimum Gasteiger partial charge on any atom is -0.492 e. The maximum atomic E-state index is 10.6. The fraction of sp³-hybridized carbons (Fsp3) is 0.500. The molecule has 106 valence electrons. The van der Waals surface area contributed by atoms with Gasteiger partial charge in [0.25, 0.3) is 5.69 Å². The first-order chi connectivity index (χ1) is 8.66. The van der Waals surface area contributed by atoms with Crippen molar-refractivity contribution in [2.24, 2.45) is 5.92 Å². The van der Waals surface area contributed by atoms with Gasteiger partial charge < -0.3 is 10.1 Å². The summed E-state index contributed by atoms with van der Waals surface area (Å²) in [4.78, 5) is 10.1. The van der Waals surface area contributed by atoms with Gasteiger partial charge in [-0.25, -0.2) is 0 Å². The molecular formula is C12H16Cl2N2O3. The van der Waals surface area contributed by atoms with Gasteiger partial charge in [-0.05, 0) is 37.9 Å².